The standard InChI is InChI=1S/C24H27N3OP/c1-25(22-13-7-3-8-14-22)18-17-24-20-27(23-15-9-4-10-16-23)29(28)26(24)19-21-11-5-2-6-12-21/h2-16,24H,17-20H2,1H3/q-1/t24-,29?/m0/s1. The van der Waals surface area contributed by atoms with Gasteiger partial charge in [-0.05, 0) is 44.7 Å². The maximum atomic E-state index is 13.4. The molecular weight excluding hydrogens is 377 g/mol. The van der Waals surface area contributed by atoms with Crippen molar-refractivity contribution in [2.75, 3.05) is 29.7 Å². The molecule has 0 bridgehead atoms. The molecule has 29 heavy (non-hydrogen) atoms. The minimum atomic E-state index is -1.62. The van der Waals surface area contributed by atoms with Crippen molar-refractivity contribution in [1.29, 1.82) is 0 Å². The summed E-state index contributed by atoms with van der Waals surface area (Å²) in [5, 5.41) is 0. The van der Waals surface area contributed by atoms with E-state index in [0.717, 1.165) is 25.2 Å². The highest BCUT2D eigenvalue weighted by atomic mass is 31.2. The number of hydrogen-bond donors (Lipinski definition) is 0. The van der Waals surface area contributed by atoms with Gasteiger partial charge in [-0.15, -0.1) is 0 Å². The zero-order valence-electron chi connectivity index (χ0n) is 16.8. The van der Waals surface area contributed by atoms with Gasteiger partial charge in [0.1, 0.15) is 0 Å². The van der Waals surface area contributed by atoms with Crippen LogP contribution in [0.3, 0.4) is 0 Å². The molecular formula is C24H27N3OP-. The summed E-state index contributed by atoms with van der Waals surface area (Å²) in [5.74, 6) is 0. The fraction of sp³-hybridized carbons (Fsp3) is 0.250. The molecule has 0 radical (unpaired) electrons. The largest absolute Gasteiger partial charge is 0.801 e. The van der Waals surface area contributed by atoms with Crippen molar-refractivity contribution in [3.8, 4) is 0 Å². The number of nitrogens with zero attached hydrogens (tertiary/aromatic N) is 3. The second-order valence-electron chi connectivity index (χ2n) is 7.45. The van der Waals surface area contributed by atoms with E-state index < -0.39 is 8.45 Å². The molecule has 0 amide bonds. The molecule has 1 aliphatic heterocycles. The minimum Gasteiger partial charge on any atom is -0.801 e. The quantitative estimate of drug-likeness (QED) is 0.543. The third-order valence-corrected chi connectivity index (χ3v) is 7.18. The maximum Gasteiger partial charge on any atom is 0.0399 e. The summed E-state index contributed by atoms with van der Waals surface area (Å²) < 4.78 is 4.24. The Morgan fingerprint density at radius 3 is 2.14 bits per heavy atom. The molecule has 2 atom stereocenters. The normalized spacial score (nSPS) is 19.4. The van der Waals surface area contributed by atoms with E-state index in [4.69, 9.17) is 0 Å². The molecule has 0 aromatic heterocycles. The molecule has 0 aliphatic carbocycles. The van der Waals surface area contributed by atoms with E-state index in [2.05, 4.69) is 57.7 Å². The molecule has 1 unspecified atom stereocenters. The van der Waals surface area contributed by atoms with E-state index in [1.807, 2.05) is 54.6 Å². The van der Waals surface area contributed by atoms with Crippen molar-refractivity contribution in [3.05, 3.63) is 96.6 Å². The number of anilines is 2. The van der Waals surface area contributed by atoms with Crippen LogP contribution in [0.15, 0.2) is 91.0 Å². The Labute approximate surface area is 175 Å². The summed E-state index contributed by atoms with van der Waals surface area (Å²) in [4.78, 5) is 15.7. The molecule has 3 aromatic rings. The zero-order valence-corrected chi connectivity index (χ0v) is 17.7. The van der Waals surface area contributed by atoms with E-state index in [1.165, 1.54) is 11.3 Å². The van der Waals surface area contributed by atoms with Crippen LogP contribution in [0.25, 0.3) is 0 Å². The maximum absolute atomic E-state index is 13.4. The van der Waals surface area contributed by atoms with Crippen LogP contribution in [-0.2, 0) is 6.54 Å². The van der Waals surface area contributed by atoms with Gasteiger partial charge in [0, 0.05) is 44.1 Å². The number of para-hydroxylation sites is 2. The molecule has 150 valence electrons. The first kappa shape index (κ1) is 19.9. The molecule has 1 fully saturated rings. The first-order valence-electron chi connectivity index (χ1n) is 10.1. The van der Waals surface area contributed by atoms with Crippen LogP contribution >= 0.6 is 8.45 Å². The molecule has 1 saturated heterocycles. The summed E-state index contributed by atoms with van der Waals surface area (Å²) in [6, 6.07) is 31.1. The number of rotatable bonds is 7. The van der Waals surface area contributed by atoms with Crippen molar-refractivity contribution in [2.45, 2.75) is 19.0 Å². The van der Waals surface area contributed by atoms with E-state index in [-0.39, 0.29) is 6.04 Å². The highest BCUT2D eigenvalue weighted by Gasteiger charge is 2.33. The van der Waals surface area contributed by atoms with Gasteiger partial charge in [0.25, 0.3) is 0 Å². The van der Waals surface area contributed by atoms with Gasteiger partial charge in [0.2, 0.25) is 0 Å². The predicted octanol–water partition coefficient (Wildman–Crippen LogP) is 4.49. The summed E-state index contributed by atoms with van der Waals surface area (Å²) in [6.45, 7) is 2.42. The molecule has 5 heteroatoms. The van der Waals surface area contributed by atoms with E-state index >= 15 is 0 Å². The Bertz CT molecular complexity index is 878. The summed E-state index contributed by atoms with van der Waals surface area (Å²) in [5.41, 5.74) is 3.45. The van der Waals surface area contributed by atoms with E-state index in [0.29, 0.717) is 6.54 Å². The lowest BCUT2D eigenvalue weighted by Gasteiger charge is -2.37. The van der Waals surface area contributed by atoms with Crippen molar-refractivity contribution >= 4 is 19.8 Å². The SMILES string of the molecule is CN(CC[C@H]1CN(c2ccccc2)P([O-])N1Cc1ccccc1)c1ccccc1. The summed E-state index contributed by atoms with van der Waals surface area (Å²) in [7, 11) is 0.508. The van der Waals surface area contributed by atoms with Gasteiger partial charge in [0.15, 0.2) is 0 Å². The molecule has 4 rings (SSSR count). The van der Waals surface area contributed by atoms with Crippen LogP contribution in [0.5, 0.6) is 0 Å². The van der Waals surface area contributed by atoms with Gasteiger partial charge in [-0.3, -0.25) is 4.67 Å². The van der Waals surface area contributed by atoms with Crippen LogP contribution in [0.2, 0.25) is 0 Å². The fourth-order valence-electron chi connectivity index (χ4n) is 3.80. The van der Waals surface area contributed by atoms with Crippen LogP contribution in [0, 0.1) is 0 Å². The zero-order chi connectivity index (χ0) is 20.1. The van der Waals surface area contributed by atoms with Crippen molar-refractivity contribution in [3.63, 3.8) is 0 Å². The van der Waals surface area contributed by atoms with Gasteiger partial charge in [0.05, 0.1) is 0 Å². The summed E-state index contributed by atoms with van der Waals surface area (Å²) >= 11 is 0. The van der Waals surface area contributed by atoms with Crippen LogP contribution in [-0.4, -0.2) is 30.8 Å². The Balaban J connectivity index is 1.50. The lowest BCUT2D eigenvalue weighted by atomic mass is 10.1. The van der Waals surface area contributed by atoms with E-state index in [1.54, 1.807) is 0 Å². The number of hydrogen-bond acceptors (Lipinski definition) is 4. The third kappa shape index (κ3) is 4.79. The van der Waals surface area contributed by atoms with Gasteiger partial charge in [-0.2, -0.15) is 0 Å². The Kier molecular flexibility index (Phi) is 6.46. The highest BCUT2D eigenvalue weighted by molar-refractivity contribution is 7.49. The highest BCUT2D eigenvalue weighted by Crippen LogP contribution is 2.48. The second-order valence-corrected chi connectivity index (χ2v) is 8.96. The molecule has 0 saturated carbocycles. The topological polar surface area (TPSA) is 32.8 Å². The second kappa shape index (κ2) is 9.41. The third-order valence-electron chi connectivity index (χ3n) is 5.47. The average Bonchev–Trinajstić information content (AvgIpc) is 3.09. The first-order valence-corrected chi connectivity index (χ1v) is 11.3. The van der Waals surface area contributed by atoms with Crippen LogP contribution in [0.1, 0.15) is 12.0 Å². The Hall–Kier alpha value is -2.39. The minimum absolute atomic E-state index is 0.241. The predicted molar refractivity (Wildman–Crippen MR) is 121 cm³/mol. The molecule has 1 aliphatic rings. The summed E-state index contributed by atoms with van der Waals surface area (Å²) in [6.07, 6.45) is 0.961. The molecule has 1 heterocycles. The van der Waals surface area contributed by atoms with Gasteiger partial charge in [-0.25, -0.2) is 0 Å². The lowest BCUT2D eigenvalue weighted by Crippen LogP contribution is -2.33. The fourth-order valence-corrected chi connectivity index (χ4v) is 5.49. The monoisotopic (exact) mass is 404 g/mol. The van der Waals surface area contributed by atoms with Crippen LogP contribution in [0.4, 0.5) is 11.4 Å². The van der Waals surface area contributed by atoms with E-state index in [9.17, 15) is 4.89 Å². The Morgan fingerprint density at radius 2 is 1.48 bits per heavy atom. The molecule has 3 aromatic carbocycles. The van der Waals surface area contributed by atoms with Gasteiger partial charge >= 0.3 is 0 Å². The molecule has 0 spiro atoms. The first-order chi connectivity index (χ1) is 14.2. The van der Waals surface area contributed by atoms with Crippen LogP contribution < -0.4 is 14.5 Å². The van der Waals surface area contributed by atoms with Crippen molar-refractivity contribution in [1.82, 2.24) is 4.67 Å². The molecule has 4 nitrogen and oxygen atoms in total. The number of benzene rings is 3. The van der Waals surface area contributed by atoms with Crippen molar-refractivity contribution in [2.24, 2.45) is 0 Å². The Morgan fingerprint density at radius 1 is 0.897 bits per heavy atom. The lowest BCUT2D eigenvalue weighted by molar-refractivity contribution is -0.170. The average molecular weight is 404 g/mol. The van der Waals surface area contributed by atoms with Gasteiger partial charge in [-0.1, -0.05) is 66.7 Å². The molecule has 0 N–H and O–H groups in total. The van der Waals surface area contributed by atoms with Gasteiger partial charge < -0.3 is 14.5 Å². The van der Waals surface area contributed by atoms with Crippen molar-refractivity contribution < 1.29 is 4.89 Å². The smallest absolute Gasteiger partial charge is 0.0399 e.